The van der Waals surface area contributed by atoms with E-state index in [1.54, 1.807) is 6.92 Å². The van der Waals surface area contributed by atoms with Crippen LogP contribution in [0.15, 0.2) is 5.11 Å². The monoisotopic (exact) mass is 173 g/mol. The highest BCUT2D eigenvalue weighted by molar-refractivity contribution is 4.93. The lowest BCUT2D eigenvalue weighted by Gasteiger charge is -2.10. The van der Waals surface area contributed by atoms with Crippen molar-refractivity contribution in [3.05, 3.63) is 10.4 Å². The molecule has 1 unspecified atom stereocenters. The third-order valence-corrected chi connectivity index (χ3v) is 1.97. The molecule has 4 atom stereocenters. The highest BCUT2D eigenvalue weighted by Crippen LogP contribution is 2.23. The molecule has 0 amide bonds. The zero-order chi connectivity index (χ0) is 9.14. The number of aliphatic hydroxyl groups is 2. The van der Waals surface area contributed by atoms with Gasteiger partial charge in [0.1, 0.15) is 6.10 Å². The van der Waals surface area contributed by atoms with Crippen molar-refractivity contribution >= 4 is 0 Å². The Hall–Kier alpha value is -0.810. The third kappa shape index (κ3) is 1.51. The second-order valence-electron chi connectivity index (χ2n) is 2.75. The Labute approximate surface area is 69.4 Å². The Balaban J connectivity index is 2.69. The van der Waals surface area contributed by atoms with Gasteiger partial charge in [-0.05, 0) is 12.5 Å². The normalized spacial score (nSPS) is 40.9. The smallest absolute Gasteiger partial charge is 0.107 e. The maximum Gasteiger partial charge on any atom is 0.107 e. The van der Waals surface area contributed by atoms with Gasteiger partial charge in [-0.15, -0.1) is 0 Å². The van der Waals surface area contributed by atoms with E-state index in [0.29, 0.717) is 0 Å². The van der Waals surface area contributed by atoms with Crippen LogP contribution in [0, 0.1) is 0 Å². The van der Waals surface area contributed by atoms with Gasteiger partial charge in [0, 0.05) is 4.91 Å². The molecular weight excluding hydrogens is 162 g/mol. The van der Waals surface area contributed by atoms with E-state index < -0.39 is 18.2 Å². The number of hydrogen-bond donors (Lipinski definition) is 2. The Bertz CT molecular complexity index is 204. The summed E-state index contributed by atoms with van der Waals surface area (Å²) >= 11 is 0. The van der Waals surface area contributed by atoms with Crippen molar-refractivity contribution in [1.82, 2.24) is 0 Å². The van der Waals surface area contributed by atoms with Crippen LogP contribution in [0.5, 0.6) is 0 Å². The predicted octanol–water partition coefficient (Wildman–Crippen LogP) is -0.194. The second kappa shape index (κ2) is 3.73. The molecule has 1 heterocycles. The van der Waals surface area contributed by atoms with Crippen LogP contribution in [0.1, 0.15) is 6.92 Å². The van der Waals surface area contributed by atoms with Crippen molar-refractivity contribution in [2.75, 3.05) is 6.61 Å². The van der Waals surface area contributed by atoms with Gasteiger partial charge in [0.15, 0.2) is 0 Å². The zero-order valence-electron chi connectivity index (χ0n) is 6.66. The van der Waals surface area contributed by atoms with E-state index in [9.17, 15) is 5.11 Å². The van der Waals surface area contributed by atoms with E-state index in [4.69, 9.17) is 15.4 Å². The van der Waals surface area contributed by atoms with Gasteiger partial charge in [0.25, 0.3) is 0 Å². The molecule has 2 N–H and O–H groups in total. The molecule has 0 spiro atoms. The summed E-state index contributed by atoms with van der Waals surface area (Å²) in [7, 11) is 0. The first kappa shape index (κ1) is 9.28. The molecule has 0 saturated carbocycles. The van der Waals surface area contributed by atoms with Crippen molar-refractivity contribution in [1.29, 1.82) is 0 Å². The highest BCUT2D eigenvalue weighted by atomic mass is 16.5. The number of rotatable bonds is 2. The number of azide groups is 1. The van der Waals surface area contributed by atoms with Crippen molar-refractivity contribution in [3.8, 4) is 0 Å². The lowest BCUT2D eigenvalue weighted by atomic mass is 10.1. The van der Waals surface area contributed by atoms with Crippen LogP contribution in [0.3, 0.4) is 0 Å². The summed E-state index contributed by atoms with van der Waals surface area (Å²) in [6.07, 6.45) is -1.87. The molecule has 0 aromatic rings. The highest BCUT2D eigenvalue weighted by Gasteiger charge is 2.40. The average Bonchev–Trinajstić information content (AvgIpc) is 2.32. The van der Waals surface area contributed by atoms with Crippen LogP contribution in [-0.4, -0.2) is 41.2 Å². The summed E-state index contributed by atoms with van der Waals surface area (Å²) in [6.45, 7) is 1.43. The lowest BCUT2D eigenvalue weighted by molar-refractivity contribution is -0.0170. The lowest BCUT2D eigenvalue weighted by Crippen LogP contribution is -2.31. The number of hydrogen-bond acceptors (Lipinski definition) is 4. The summed E-state index contributed by atoms with van der Waals surface area (Å²) in [4.78, 5) is 2.59. The van der Waals surface area contributed by atoms with E-state index in [-0.39, 0.29) is 12.7 Å². The second-order valence-corrected chi connectivity index (χ2v) is 2.75. The topological polar surface area (TPSA) is 98.5 Å². The molecule has 6 nitrogen and oxygen atoms in total. The van der Waals surface area contributed by atoms with E-state index in [1.807, 2.05) is 0 Å². The number of aliphatic hydroxyl groups excluding tert-OH is 2. The molecule has 1 fully saturated rings. The summed E-state index contributed by atoms with van der Waals surface area (Å²) in [6, 6.07) is -0.591. The SMILES string of the molecule is C[C@@H]1O[C@H](CO)[C@H](O)C1N=[N+]=[N-]. The van der Waals surface area contributed by atoms with E-state index >= 15 is 0 Å². The zero-order valence-corrected chi connectivity index (χ0v) is 6.66. The minimum Gasteiger partial charge on any atom is -0.394 e. The summed E-state index contributed by atoms with van der Waals surface area (Å²) < 4.78 is 5.12. The van der Waals surface area contributed by atoms with E-state index in [0.717, 1.165) is 0 Å². The fourth-order valence-electron chi connectivity index (χ4n) is 1.31. The Kier molecular flexibility index (Phi) is 2.88. The largest absolute Gasteiger partial charge is 0.394 e. The molecule has 0 aromatic heterocycles. The van der Waals surface area contributed by atoms with Gasteiger partial charge < -0.3 is 14.9 Å². The van der Waals surface area contributed by atoms with Gasteiger partial charge >= 0.3 is 0 Å². The van der Waals surface area contributed by atoms with Crippen molar-refractivity contribution in [3.63, 3.8) is 0 Å². The molecule has 0 aromatic carbocycles. The summed E-state index contributed by atoms with van der Waals surface area (Å²) in [5, 5.41) is 21.5. The molecular formula is C6H11N3O3. The minimum atomic E-state index is -0.902. The average molecular weight is 173 g/mol. The maximum absolute atomic E-state index is 9.40. The Morgan fingerprint density at radius 3 is 2.75 bits per heavy atom. The third-order valence-electron chi connectivity index (χ3n) is 1.97. The van der Waals surface area contributed by atoms with Gasteiger partial charge in [0.2, 0.25) is 0 Å². The van der Waals surface area contributed by atoms with Crippen LogP contribution in [0.2, 0.25) is 0 Å². The van der Waals surface area contributed by atoms with E-state index in [2.05, 4.69) is 10.0 Å². The molecule has 1 aliphatic rings. The van der Waals surface area contributed by atoms with Gasteiger partial charge in [-0.3, -0.25) is 0 Å². The van der Waals surface area contributed by atoms with E-state index in [1.165, 1.54) is 0 Å². The molecule has 0 bridgehead atoms. The molecule has 68 valence electrons. The van der Waals surface area contributed by atoms with Gasteiger partial charge in [-0.1, -0.05) is 5.11 Å². The Morgan fingerprint density at radius 1 is 1.67 bits per heavy atom. The number of ether oxygens (including phenoxy) is 1. The first-order valence-corrected chi connectivity index (χ1v) is 3.69. The quantitative estimate of drug-likeness (QED) is 0.344. The molecule has 0 aliphatic carbocycles. The van der Waals surface area contributed by atoms with Crippen LogP contribution < -0.4 is 0 Å². The van der Waals surface area contributed by atoms with Gasteiger partial charge in [-0.25, -0.2) is 0 Å². The van der Waals surface area contributed by atoms with Crippen LogP contribution >= 0.6 is 0 Å². The molecule has 1 aliphatic heterocycles. The van der Waals surface area contributed by atoms with Gasteiger partial charge in [-0.2, -0.15) is 0 Å². The van der Waals surface area contributed by atoms with Gasteiger partial charge in [0.05, 0.1) is 24.9 Å². The number of nitrogens with zero attached hydrogens (tertiary/aromatic N) is 3. The van der Waals surface area contributed by atoms with Crippen molar-refractivity contribution < 1.29 is 14.9 Å². The molecule has 6 heteroatoms. The fourth-order valence-corrected chi connectivity index (χ4v) is 1.31. The summed E-state index contributed by atoms with van der Waals surface area (Å²) in [5.41, 5.74) is 8.15. The van der Waals surface area contributed by atoms with Crippen molar-refractivity contribution in [2.45, 2.75) is 31.3 Å². The molecule has 12 heavy (non-hydrogen) atoms. The maximum atomic E-state index is 9.40. The molecule has 1 rings (SSSR count). The van der Waals surface area contributed by atoms with Crippen LogP contribution in [0.25, 0.3) is 10.4 Å². The summed E-state index contributed by atoms with van der Waals surface area (Å²) in [5.74, 6) is 0. The Morgan fingerprint density at radius 2 is 2.33 bits per heavy atom. The molecule has 0 radical (unpaired) electrons. The standard InChI is InChI=1S/C6H11N3O3/c1-3-5(8-9-7)6(11)4(2-10)12-3/h3-6,10-11H,2H2,1H3/t3-,4+,5?,6-/m0/s1. The minimum absolute atomic E-state index is 0.261. The van der Waals surface area contributed by atoms with Crippen LogP contribution in [0.4, 0.5) is 0 Å². The van der Waals surface area contributed by atoms with Crippen LogP contribution in [-0.2, 0) is 4.74 Å². The first-order chi connectivity index (χ1) is 5.70. The van der Waals surface area contributed by atoms with Crippen molar-refractivity contribution in [2.24, 2.45) is 5.11 Å². The fraction of sp³-hybridized carbons (Fsp3) is 1.00. The predicted molar refractivity (Wildman–Crippen MR) is 40.4 cm³/mol. The first-order valence-electron chi connectivity index (χ1n) is 3.69. The molecule has 1 saturated heterocycles.